The van der Waals surface area contributed by atoms with Crippen molar-refractivity contribution in [1.82, 2.24) is 15.1 Å². The molecule has 0 aliphatic heterocycles. The van der Waals surface area contributed by atoms with E-state index < -0.39 is 0 Å². The zero-order chi connectivity index (χ0) is 14.5. The molecule has 0 spiro atoms. The Morgan fingerprint density at radius 3 is 2.65 bits per heavy atom. The molecule has 20 heavy (non-hydrogen) atoms. The van der Waals surface area contributed by atoms with Gasteiger partial charge in [0, 0.05) is 6.04 Å². The highest BCUT2D eigenvalue weighted by Gasteiger charge is 2.25. The molecule has 0 amide bonds. The van der Waals surface area contributed by atoms with E-state index in [1.165, 1.54) is 44.2 Å². The van der Waals surface area contributed by atoms with Crippen LogP contribution >= 0.6 is 15.9 Å². The molecule has 1 fully saturated rings. The summed E-state index contributed by atoms with van der Waals surface area (Å²) >= 11 is 3.70. The van der Waals surface area contributed by atoms with E-state index in [9.17, 15) is 0 Å². The lowest BCUT2D eigenvalue weighted by atomic mass is 9.84. The Balaban J connectivity index is 2.16. The smallest absolute Gasteiger partial charge is 0.0698 e. The zero-order valence-electron chi connectivity index (χ0n) is 13.0. The second-order valence-corrected chi connectivity index (χ2v) is 7.12. The van der Waals surface area contributed by atoms with Crippen molar-refractivity contribution in [3.05, 3.63) is 16.4 Å². The molecule has 1 aromatic rings. The first kappa shape index (κ1) is 16.0. The Morgan fingerprint density at radius 2 is 2.05 bits per heavy atom. The van der Waals surface area contributed by atoms with Gasteiger partial charge in [0.05, 0.1) is 22.4 Å². The van der Waals surface area contributed by atoms with Gasteiger partial charge in [0.25, 0.3) is 0 Å². The summed E-state index contributed by atoms with van der Waals surface area (Å²) in [5.74, 6) is 0.871. The first-order valence-electron chi connectivity index (χ1n) is 8.09. The van der Waals surface area contributed by atoms with Gasteiger partial charge in [-0.15, -0.1) is 0 Å². The molecule has 4 heteroatoms. The molecule has 1 atom stereocenters. The number of hydrogen-bond acceptors (Lipinski definition) is 2. The molecule has 0 bridgehead atoms. The minimum atomic E-state index is 0.406. The maximum atomic E-state index is 4.54. The van der Waals surface area contributed by atoms with Gasteiger partial charge in [-0.3, -0.25) is 4.68 Å². The van der Waals surface area contributed by atoms with Gasteiger partial charge in [-0.2, -0.15) is 5.10 Å². The van der Waals surface area contributed by atoms with Gasteiger partial charge >= 0.3 is 0 Å². The summed E-state index contributed by atoms with van der Waals surface area (Å²) in [6.07, 6.45) is 10.2. The van der Waals surface area contributed by atoms with E-state index in [1.807, 2.05) is 6.20 Å². The summed E-state index contributed by atoms with van der Waals surface area (Å²) in [6, 6.07) is 0.825. The fourth-order valence-corrected chi connectivity index (χ4v) is 3.93. The van der Waals surface area contributed by atoms with E-state index in [-0.39, 0.29) is 0 Å². The van der Waals surface area contributed by atoms with Gasteiger partial charge < -0.3 is 5.32 Å². The van der Waals surface area contributed by atoms with Crippen LogP contribution in [0.2, 0.25) is 0 Å². The minimum Gasteiger partial charge on any atom is -0.309 e. The quantitative estimate of drug-likeness (QED) is 0.801. The van der Waals surface area contributed by atoms with E-state index in [1.54, 1.807) is 0 Å². The number of halogens is 1. The van der Waals surface area contributed by atoms with Crippen LogP contribution < -0.4 is 5.32 Å². The number of rotatable bonds is 6. The molecule has 2 rings (SSSR count). The predicted octanol–water partition coefficient (Wildman–Crippen LogP) is 4.85. The lowest BCUT2D eigenvalue weighted by molar-refractivity contribution is 0.292. The molecule has 3 nitrogen and oxygen atoms in total. The molecule has 1 saturated carbocycles. The van der Waals surface area contributed by atoms with E-state index >= 15 is 0 Å². The van der Waals surface area contributed by atoms with Crippen molar-refractivity contribution < 1.29 is 0 Å². The molecule has 1 aliphatic rings. The number of nitrogens with one attached hydrogen (secondary N) is 1. The molecule has 1 unspecified atom stereocenters. The summed E-state index contributed by atoms with van der Waals surface area (Å²) in [7, 11) is 0. The normalized spacial score (nSPS) is 18.6. The molecular weight excluding hydrogens is 314 g/mol. The van der Waals surface area contributed by atoms with Gasteiger partial charge in [-0.05, 0) is 48.7 Å². The fourth-order valence-electron chi connectivity index (χ4n) is 3.38. The lowest BCUT2D eigenvalue weighted by Crippen LogP contribution is -2.27. The number of hydrogen-bond donors (Lipinski definition) is 1. The molecule has 1 aliphatic carbocycles. The SMILES string of the molecule is CCNC(CC1CCCCC1)c1c(Br)cnn1C(C)C. The van der Waals surface area contributed by atoms with Gasteiger partial charge in [0.2, 0.25) is 0 Å². The predicted molar refractivity (Wildman–Crippen MR) is 87.9 cm³/mol. The van der Waals surface area contributed by atoms with Crippen molar-refractivity contribution in [3.8, 4) is 0 Å². The Labute approximate surface area is 131 Å². The number of aromatic nitrogens is 2. The second kappa shape index (κ2) is 7.60. The van der Waals surface area contributed by atoms with Gasteiger partial charge in [-0.25, -0.2) is 0 Å². The Kier molecular flexibility index (Phi) is 6.09. The van der Waals surface area contributed by atoms with Crippen LogP contribution in [0.5, 0.6) is 0 Å². The van der Waals surface area contributed by atoms with Gasteiger partial charge in [-0.1, -0.05) is 39.0 Å². The topological polar surface area (TPSA) is 29.9 Å². The van der Waals surface area contributed by atoms with Crippen molar-refractivity contribution >= 4 is 15.9 Å². The van der Waals surface area contributed by atoms with E-state index in [0.717, 1.165) is 16.9 Å². The summed E-state index contributed by atoms with van der Waals surface area (Å²) < 4.78 is 3.31. The summed E-state index contributed by atoms with van der Waals surface area (Å²) in [5.41, 5.74) is 1.33. The molecule has 0 radical (unpaired) electrons. The van der Waals surface area contributed by atoms with Gasteiger partial charge in [0.1, 0.15) is 0 Å². The monoisotopic (exact) mass is 341 g/mol. The minimum absolute atomic E-state index is 0.406. The number of nitrogens with zero attached hydrogens (tertiary/aromatic N) is 2. The molecule has 114 valence electrons. The van der Waals surface area contributed by atoms with Crippen molar-refractivity contribution in [3.63, 3.8) is 0 Å². The first-order chi connectivity index (χ1) is 9.63. The molecule has 1 heterocycles. The largest absolute Gasteiger partial charge is 0.309 e. The third kappa shape index (κ3) is 3.85. The molecule has 0 aromatic carbocycles. The maximum absolute atomic E-state index is 4.54. The van der Waals surface area contributed by atoms with Crippen molar-refractivity contribution in [1.29, 1.82) is 0 Å². The van der Waals surface area contributed by atoms with E-state index in [4.69, 9.17) is 0 Å². The highest BCUT2D eigenvalue weighted by molar-refractivity contribution is 9.10. The summed E-state index contributed by atoms with van der Waals surface area (Å²) in [5, 5.41) is 8.22. The second-order valence-electron chi connectivity index (χ2n) is 6.27. The van der Waals surface area contributed by atoms with Crippen molar-refractivity contribution in [2.75, 3.05) is 6.54 Å². The summed E-state index contributed by atoms with van der Waals surface area (Å²) in [6.45, 7) is 7.60. The van der Waals surface area contributed by atoms with E-state index in [0.29, 0.717) is 12.1 Å². The van der Waals surface area contributed by atoms with Crippen molar-refractivity contribution in [2.24, 2.45) is 5.92 Å². The Hall–Kier alpha value is -0.350. The highest BCUT2D eigenvalue weighted by Crippen LogP contribution is 2.35. The summed E-state index contributed by atoms with van der Waals surface area (Å²) in [4.78, 5) is 0. The van der Waals surface area contributed by atoms with Crippen LogP contribution in [0.4, 0.5) is 0 Å². The molecule has 1 aromatic heterocycles. The Bertz CT molecular complexity index is 408. The van der Waals surface area contributed by atoms with Gasteiger partial charge in [0.15, 0.2) is 0 Å². The standard InChI is InChI=1S/C16H28BrN3/c1-4-18-15(10-13-8-6-5-7-9-13)16-14(17)11-19-20(16)12(2)3/h11-13,15,18H,4-10H2,1-3H3. The molecule has 1 N–H and O–H groups in total. The lowest BCUT2D eigenvalue weighted by Gasteiger charge is -2.28. The van der Waals surface area contributed by atoms with Crippen LogP contribution in [0.3, 0.4) is 0 Å². The maximum Gasteiger partial charge on any atom is 0.0698 e. The van der Waals surface area contributed by atoms with Crippen LogP contribution in [0, 0.1) is 5.92 Å². The third-order valence-electron chi connectivity index (χ3n) is 4.35. The average molecular weight is 342 g/mol. The molecular formula is C16H28BrN3. The van der Waals surface area contributed by atoms with Crippen LogP contribution in [0.1, 0.15) is 77.1 Å². The van der Waals surface area contributed by atoms with Crippen LogP contribution in [0.15, 0.2) is 10.7 Å². The molecule has 0 saturated heterocycles. The third-order valence-corrected chi connectivity index (χ3v) is 4.96. The van der Waals surface area contributed by atoms with Crippen LogP contribution in [0.25, 0.3) is 0 Å². The zero-order valence-corrected chi connectivity index (χ0v) is 14.6. The Morgan fingerprint density at radius 1 is 1.35 bits per heavy atom. The van der Waals surface area contributed by atoms with Crippen molar-refractivity contribution in [2.45, 2.75) is 71.4 Å². The van der Waals surface area contributed by atoms with E-state index in [2.05, 4.69) is 51.8 Å². The average Bonchev–Trinajstić information content (AvgIpc) is 2.81. The highest BCUT2D eigenvalue weighted by atomic mass is 79.9. The van der Waals surface area contributed by atoms with Crippen LogP contribution in [-0.4, -0.2) is 16.3 Å². The van der Waals surface area contributed by atoms with Crippen LogP contribution in [-0.2, 0) is 0 Å². The fraction of sp³-hybridized carbons (Fsp3) is 0.812. The first-order valence-corrected chi connectivity index (χ1v) is 8.89.